The molecule has 0 amide bonds. The fourth-order valence-electron chi connectivity index (χ4n) is 0.653. The van der Waals surface area contributed by atoms with Crippen LogP contribution in [-0.4, -0.2) is 11.3 Å². The van der Waals surface area contributed by atoms with Gasteiger partial charge in [-0.25, -0.2) is 0 Å². The van der Waals surface area contributed by atoms with Crippen LogP contribution in [0.25, 0.3) is 0 Å². The molecular formula is C7H8N2O. The first-order valence-electron chi connectivity index (χ1n) is 2.91. The van der Waals surface area contributed by atoms with E-state index in [9.17, 15) is 4.79 Å². The smallest absolute Gasteiger partial charge is 0.168 e. The van der Waals surface area contributed by atoms with Gasteiger partial charge in [-0.1, -0.05) is 0 Å². The zero-order valence-electron chi connectivity index (χ0n) is 5.66. The molecule has 0 bridgehead atoms. The molecule has 0 fully saturated rings. The van der Waals surface area contributed by atoms with Crippen LogP contribution in [0.3, 0.4) is 0 Å². The lowest BCUT2D eigenvalue weighted by molar-refractivity contribution is 0.111. The summed E-state index contributed by atoms with van der Waals surface area (Å²) in [4.78, 5) is 13.9. The molecule has 10 heavy (non-hydrogen) atoms. The van der Waals surface area contributed by atoms with Gasteiger partial charge in [-0.15, -0.1) is 0 Å². The zero-order valence-corrected chi connectivity index (χ0v) is 5.66. The van der Waals surface area contributed by atoms with E-state index in [0.717, 1.165) is 5.56 Å². The summed E-state index contributed by atoms with van der Waals surface area (Å²) < 4.78 is 0. The Balaban J connectivity index is 3.16. The number of anilines is 1. The van der Waals surface area contributed by atoms with E-state index < -0.39 is 0 Å². The van der Waals surface area contributed by atoms with E-state index in [0.29, 0.717) is 17.7 Å². The van der Waals surface area contributed by atoms with Crippen molar-refractivity contribution in [2.24, 2.45) is 0 Å². The second-order valence-corrected chi connectivity index (χ2v) is 2.08. The molecule has 1 aromatic rings. The number of nitrogens with two attached hydrogens (primary N) is 1. The summed E-state index contributed by atoms with van der Waals surface area (Å²) in [6.45, 7) is 1.84. The number of rotatable bonds is 1. The van der Waals surface area contributed by atoms with Crippen LogP contribution >= 0.6 is 0 Å². The van der Waals surface area contributed by atoms with Crippen molar-refractivity contribution < 1.29 is 4.79 Å². The van der Waals surface area contributed by atoms with E-state index in [1.807, 2.05) is 6.92 Å². The maximum absolute atomic E-state index is 10.2. The molecule has 0 saturated heterocycles. The number of hydrogen-bond donors (Lipinski definition) is 1. The van der Waals surface area contributed by atoms with E-state index >= 15 is 0 Å². The van der Waals surface area contributed by atoms with Crippen molar-refractivity contribution in [3.8, 4) is 0 Å². The lowest BCUT2D eigenvalue weighted by Crippen LogP contribution is -1.93. The molecule has 3 nitrogen and oxygen atoms in total. The van der Waals surface area contributed by atoms with Gasteiger partial charge in [0.25, 0.3) is 0 Å². The maximum Gasteiger partial charge on any atom is 0.168 e. The molecule has 3 heteroatoms. The van der Waals surface area contributed by atoms with Crippen molar-refractivity contribution >= 4 is 12.0 Å². The van der Waals surface area contributed by atoms with Crippen LogP contribution in [-0.2, 0) is 0 Å². The molecule has 0 unspecified atom stereocenters. The fraction of sp³-hybridized carbons (Fsp3) is 0.143. The summed E-state index contributed by atoms with van der Waals surface area (Å²) in [7, 11) is 0. The molecule has 52 valence electrons. The molecule has 0 aliphatic carbocycles. The van der Waals surface area contributed by atoms with Crippen molar-refractivity contribution in [2.75, 3.05) is 5.73 Å². The minimum absolute atomic E-state index is 0.423. The Hall–Kier alpha value is -1.38. The highest BCUT2D eigenvalue weighted by Crippen LogP contribution is 2.07. The maximum atomic E-state index is 10.2. The number of nitrogen functional groups attached to an aromatic ring is 1. The van der Waals surface area contributed by atoms with Gasteiger partial charge < -0.3 is 5.73 Å². The molecule has 0 spiro atoms. The number of carbonyl (C=O) groups is 1. The predicted octanol–water partition coefficient (Wildman–Crippen LogP) is 0.785. The van der Waals surface area contributed by atoms with Gasteiger partial charge in [0.05, 0.1) is 11.9 Å². The third-order valence-corrected chi connectivity index (χ3v) is 1.29. The van der Waals surface area contributed by atoms with E-state index in [2.05, 4.69) is 4.98 Å². The molecule has 0 aliphatic heterocycles. The minimum Gasteiger partial charge on any atom is -0.397 e. The predicted molar refractivity (Wildman–Crippen MR) is 38.8 cm³/mol. The lowest BCUT2D eigenvalue weighted by Gasteiger charge is -1.96. The van der Waals surface area contributed by atoms with E-state index in [1.165, 1.54) is 6.20 Å². The normalized spacial score (nSPS) is 9.30. The molecule has 0 radical (unpaired) electrons. The minimum atomic E-state index is 0.423. The second-order valence-electron chi connectivity index (χ2n) is 2.08. The Labute approximate surface area is 58.9 Å². The third kappa shape index (κ3) is 1.13. The largest absolute Gasteiger partial charge is 0.397 e. The summed E-state index contributed by atoms with van der Waals surface area (Å²) in [6, 6.07) is 1.66. The van der Waals surface area contributed by atoms with Gasteiger partial charge in [-0.05, 0) is 18.6 Å². The Bertz CT molecular complexity index is 258. The van der Waals surface area contributed by atoms with Crippen molar-refractivity contribution in [1.82, 2.24) is 4.98 Å². The average Bonchev–Trinajstić information content (AvgIpc) is 1.95. The second kappa shape index (κ2) is 2.47. The number of pyridine rings is 1. The van der Waals surface area contributed by atoms with Crippen LogP contribution in [0.2, 0.25) is 0 Å². The Morgan fingerprint density at radius 3 is 2.90 bits per heavy atom. The highest BCUT2D eigenvalue weighted by Gasteiger charge is 1.94. The zero-order chi connectivity index (χ0) is 7.56. The van der Waals surface area contributed by atoms with Gasteiger partial charge in [0.1, 0.15) is 5.69 Å². The Morgan fingerprint density at radius 2 is 2.40 bits per heavy atom. The van der Waals surface area contributed by atoms with Gasteiger partial charge in [-0.2, -0.15) is 0 Å². The van der Waals surface area contributed by atoms with Crippen molar-refractivity contribution in [3.63, 3.8) is 0 Å². The molecule has 0 atom stereocenters. The molecule has 0 aromatic carbocycles. The number of aromatic nitrogens is 1. The van der Waals surface area contributed by atoms with Gasteiger partial charge in [0, 0.05) is 0 Å². The molecule has 0 saturated carbocycles. The summed E-state index contributed by atoms with van der Waals surface area (Å²) in [5.74, 6) is 0. The summed E-state index contributed by atoms with van der Waals surface area (Å²) in [5, 5.41) is 0. The van der Waals surface area contributed by atoms with Crippen LogP contribution < -0.4 is 5.73 Å². The summed E-state index contributed by atoms with van der Waals surface area (Å²) in [6.07, 6.45) is 2.19. The number of hydrogen-bond acceptors (Lipinski definition) is 3. The quantitative estimate of drug-likeness (QED) is 0.580. The standard InChI is InChI=1S/C7H8N2O/c1-5-2-6(4-10)9-3-7(5)8/h2-4H,8H2,1H3. The summed E-state index contributed by atoms with van der Waals surface area (Å²) in [5.41, 5.74) is 7.39. The number of carbonyl (C=O) groups excluding carboxylic acids is 1. The first-order valence-corrected chi connectivity index (χ1v) is 2.91. The number of aryl methyl sites for hydroxylation is 1. The molecule has 1 aromatic heterocycles. The summed E-state index contributed by atoms with van der Waals surface area (Å²) >= 11 is 0. The molecular weight excluding hydrogens is 128 g/mol. The van der Waals surface area contributed by atoms with Gasteiger partial charge in [0.2, 0.25) is 0 Å². The lowest BCUT2D eigenvalue weighted by atomic mass is 10.2. The average molecular weight is 136 g/mol. The fourth-order valence-corrected chi connectivity index (χ4v) is 0.653. The topological polar surface area (TPSA) is 56.0 Å². The van der Waals surface area contributed by atoms with Gasteiger partial charge in [-0.3, -0.25) is 9.78 Å². The number of aldehydes is 1. The molecule has 0 aliphatic rings. The van der Waals surface area contributed by atoms with Gasteiger partial charge in [0.15, 0.2) is 6.29 Å². The van der Waals surface area contributed by atoms with Crippen molar-refractivity contribution in [2.45, 2.75) is 6.92 Å². The van der Waals surface area contributed by atoms with Gasteiger partial charge >= 0.3 is 0 Å². The van der Waals surface area contributed by atoms with E-state index in [1.54, 1.807) is 6.07 Å². The number of nitrogens with zero attached hydrogens (tertiary/aromatic N) is 1. The first-order chi connectivity index (χ1) is 4.74. The van der Waals surface area contributed by atoms with Crippen LogP contribution in [0, 0.1) is 6.92 Å². The van der Waals surface area contributed by atoms with Crippen LogP contribution in [0.5, 0.6) is 0 Å². The van der Waals surface area contributed by atoms with Crippen molar-refractivity contribution in [3.05, 3.63) is 23.5 Å². The Morgan fingerprint density at radius 1 is 1.70 bits per heavy atom. The molecule has 1 heterocycles. The highest BCUT2D eigenvalue weighted by molar-refractivity contribution is 5.72. The monoisotopic (exact) mass is 136 g/mol. The first kappa shape index (κ1) is 6.74. The molecule has 1 rings (SSSR count). The highest BCUT2D eigenvalue weighted by atomic mass is 16.1. The van der Waals surface area contributed by atoms with Crippen LogP contribution in [0.4, 0.5) is 5.69 Å². The van der Waals surface area contributed by atoms with Crippen LogP contribution in [0.1, 0.15) is 16.1 Å². The van der Waals surface area contributed by atoms with Crippen LogP contribution in [0.15, 0.2) is 12.3 Å². The Kier molecular flexibility index (Phi) is 1.67. The van der Waals surface area contributed by atoms with Crippen molar-refractivity contribution in [1.29, 1.82) is 0 Å². The van der Waals surface area contributed by atoms with E-state index in [4.69, 9.17) is 5.73 Å². The third-order valence-electron chi connectivity index (χ3n) is 1.29. The molecule has 2 N–H and O–H groups in total. The SMILES string of the molecule is Cc1cc(C=O)ncc1N. The van der Waals surface area contributed by atoms with E-state index in [-0.39, 0.29) is 0 Å².